The molecule has 0 bridgehead atoms. The zero-order valence-corrected chi connectivity index (χ0v) is 22.1. The predicted octanol–water partition coefficient (Wildman–Crippen LogP) is 1.95. The molecular weight excluding hydrogens is 490 g/mol. The number of ether oxygens (including phenoxy) is 1. The quantitative estimate of drug-likeness (QED) is 0.391. The molecule has 1 atom stereocenters. The Morgan fingerprint density at radius 1 is 1.08 bits per heavy atom. The van der Waals surface area contributed by atoms with E-state index in [0.29, 0.717) is 38.8 Å². The fraction of sp³-hybridized carbons (Fsp3) is 0.630. The summed E-state index contributed by atoms with van der Waals surface area (Å²) in [7, 11) is 0. The van der Waals surface area contributed by atoms with E-state index in [1.807, 2.05) is 35.4 Å². The van der Waals surface area contributed by atoms with Crippen molar-refractivity contribution in [2.24, 2.45) is 10.3 Å². The van der Waals surface area contributed by atoms with Crippen LogP contribution in [-0.4, -0.2) is 120 Å². The number of hydrazone groups is 1. The van der Waals surface area contributed by atoms with Gasteiger partial charge >= 0.3 is 11.9 Å². The molecule has 11 heteroatoms. The highest BCUT2D eigenvalue weighted by molar-refractivity contribution is 6.01. The summed E-state index contributed by atoms with van der Waals surface area (Å²) in [5.41, 5.74) is 2.18. The molecule has 2 saturated heterocycles. The van der Waals surface area contributed by atoms with Crippen molar-refractivity contribution < 1.29 is 29.4 Å². The highest BCUT2D eigenvalue weighted by atomic mass is 16.6. The lowest BCUT2D eigenvalue weighted by Crippen LogP contribution is -2.49. The zero-order chi connectivity index (χ0) is 27.0. The Morgan fingerprint density at radius 2 is 1.79 bits per heavy atom. The van der Waals surface area contributed by atoms with Gasteiger partial charge in [0.2, 0.25) is 0 Å². The molecule has 2 fully saturated rings. The Balaban J connectivity index is 1.29. The first-order valence-corrected chi connectivity index (χ1v) is 13.5. The number of hydrogen-bond donors (Lipinski definition) is 2. The average Bonchev–Trinajstić information content (AvgIpc) is 3.37. The van der Waals surface area contributed by atoms with Crippen LogP contribution in [-0.2, 0) is 19.2 Å². The van der Waals surface area contributed by atoms with E-state index in [2.05, 4.69) is 27.1 Å². The van der Waals surface area contributed by atoms with Crippen molar-refractivity contribution >= 4 is 23.9 Å². The Morgan fingerprint density at radius 3 is 2.42 bits per heavy atom. The van der Waals surface area contributed by atoms with Crippen LogP contribution in [0.2, 0.25) is 0 Å². The number of carboxylic acids is 2. The number of piperazine rings is 1. The van der Waals surface area contributed by atoms with Crippen molar-refractivity contribution in [1.29, 1.82) is 0 Å². The molecule has 2 N–H and O–H groups in total. The fourth-order valence-electron chi connectivity index (χ4n) is 5.36. The Bertz CT molecular complexity index is 998. The molecule has 1 unspecified atom stereocenters. The van der Waals surface area contributed by atoms with Gasteiger partial charge in [0.15, 0.2) is 0 Å². The maximum absolute atomic E-state index is 11.2. The number of piperidine rings is 1. The Labute approximate surface area is 223 Å². The van der Waals surface area contributed by atoms with Crippen LogP contribution in [0.15, 0.2) is 34.5 Å². The molecule has 3 heterocycles. The minimum absolute atomic E-state index is 0.0293. The smallest absolute Gasteiger partial charge is 0.329 e. The second kappa shape index (κ2) is 13.2. The molecule has 0 amide bonds. The molecule has 38 heavy (non-hydrogen) atoms. The van der Waals surface area contributed by atoms with Gasteiger partial charge in [-0.2, -0.15) is 5.10 Å². The van der Waals surface area contributed by atoms with Crippen molar-refractivity contribution in [1.82, 2.24) is 14.8 Å². The number of rotatable bonds is 12. The van der Waals surface area contributed by atoms with E-state index in [1.165, 1.54) is 6.42 Å². The molecule has 1 aromatic rings. The highest BCUT2D eigenvalue weighted by Crippen LogP contribution is 2.34. The van der Waals surface area contributed by atoms with Crippen LogP contribution >= 0.6 is 0 Å². The first-order valence-electron chi connectivity index (χ1n) is 13.5. The van der Waals surface area contributed by atoms with E-state index < -0.39 is 24.1 Å². The first-order chi connectivity index (χ1) is 18.3. The van der Waals surface area contributed by atoms with Crippen molar-refractivity contribution in [3.05, 3.63) is 35.4 Å². The number of likely N-dealkylation sites (tertiary alicyclic amines) is 1. The number of benzene rings is 1. The number of nitrogens with zero attached hydrogens (tertiary/aromatic N) is 5. The monoisotopic (exact) mass is 529 g/mol. The number of carbonyl (C=O) groups is 2. The predicted molar refractivity (Wildman–Crippen MR) is 143 cm³/mol. The van der Waals surface area contributed by atoms with Gasteiger partial charge in [0.1, 0.15) is 12.7 Å². The molecule has 0 saturated carbocycles. The van der Waals surface area contributed by atoms with Crippen LogP contribution in [0.4, 0.5) is 0 Å². The van der Waals surface area contributed by atoms with Gasteiger partial charge in [-0.05, 0) is 36.9 Å². The second-order valence-electron chi connectivity index (χ2n) is 10.4. The molecule has 0 spiro atoms. The van der Waals surface area contributed by atoms with Crippen LogP contribution in [0, 0.1) is 0 Å². The number of hydrogen-bond acceptors (Lipinski definition) is 9. The van der Waals surface area contributed by atoms with Crippen molar-refractivity contribution in [2.75, 3.05) is 59.0 Å². The summed E-state index contributed by atoms with van der Waals surface area (Å²) in [6.07, 6.45) is 5.05. The SMILES string of the molecule is CCCN1CCN(N=Cc2ccc(C3=NOC(CC4(OCC(=O)O)CCN(CC(=O)O)CC4)C3)cc2)CC1. The van der Waals surface area contributed by atoms with E-state index in [4.69, 9.17) is 19.8 Å². The summed E-state index contributed by atoms with van der Waals surface area (Å²) in [6.45, 7) is 7.99. The number of oxime groups is 1. The largest absolute Gasteiger partial charge is 0.480 e. The van der Waals surface area contributed by atoms with Crippen LogP contribution in [0.25, 0.3) is 0 Å². The molecule has 0 radical (unpaired) electrons. The minimum atomic E-state index is -1.02. The summed E-state index contributed by atoms with van der Waals surface area (Å²) in [5.74, 6) is -1.90. The molecule has 3 aliphatic heterocycles. The summed E-state index contributed by atoms with van der Waals surface area (Å²) < 4.78 is 5.87. The van der Waals surface area contributed by atoms with Gasteiger partial charge in [0.25, 0.3) is 0 Å². The van der Waals surface area contributed by atoms with E-state index in [0.717, 1.165) is 49.6 Å². The van der Waals surface area contributed by atoms with Crippen LogP contribution < -0.4 is 0 Å². The molecule has 208 valence electrons. The second-order valence-corrected chi connectivity index (χ2v) is 10.4. The van der Waals surface area contributed by atoms with Crippen molar-refractivity contribution in [3.8, 4) is 0 Å². The lowest BCUT2D eigenvalue weighted by molar-refractivity contribution is -0.159. The van der Waals surface area contributed by atoms with Gasteiger partial charge in [-0.25, -0.2) is 4.79 Å². The van der Waals surface area contributed by atoms with Crippen LogP contribution in [0.5, 0.6) is 0 Å². The molecule has 11 nitrogen and oxygen atoms in total. The molecule has 0 aliphatic carbocycles. The van der Waals surface area contributed by atoms with E-state index in [-0.39, 0.29) is 12.6 Å². The van der Waals surface area contributed by atoms with E-state index in [1.54, 1.807) is 0 Å². The Kier molecular flexibility index (Phi) is 9.70. The van der Waals surface area contributed by atoms with E-state index >= 15 is 0 Å². The molecule has 0 aromatic heterocycles. The third-order valence-electron chi connectivity index (χ3n) is 7.46. The number of aliphatic carboxylic acids is 2. The van der Waals surface area contributed by atoms with Gasteiger partial charge in [0.05, 0.1) is 24.1 Å². The topological polar surface area (TPSA) is 127 Å². The third kappa shape index (κ3) is 7.99. The van der Waals surface area contributed by atoms with Gasteiger partial charge in [-0.3, -0.25) is 19.6 Å². The summed E-state index contributed by atoms with van der Waals surface area (Å²) >= 11 is 0. The van der Waals surface area contributed by atoms with E-state index in [9.17, 15) is 9.59 Å². The lowest BCUT2D eigenvalue weighted by Gasteiger charge is -2.41. The lowest BCUT2D eigenvalue weighted by atomic mass is 9.84. The maximum Gasteiger partial charge on any atom is 0.329 e. The fourth-order valence-corrected chi connectivity index (χ4v) is 5.36. The summed E-state index contributed by atoms with van der Waals surface area (Å²) in [5, 5.41) is 29.3. The molecule has 3 aliphatic rings. The maximum atomic E-state index is 11.2. The van der Waals surface area contributed by atoms with Gasteiger partial charge < -0.3 is 19.8 Å². The molecule has 1 aromatic carbocycles. The summed E-state index contributed by atoms with van der Waals surface area (Å²) in [6, 6.07) is 8.09. The highest BCUT2D eigenvalue weighted by Gasteiger charge is 2.40. The molecular formula is C27H39N5O6. The third-order valence-corrected chi connectivity index (χ3v) is 7.46. The zero-order valence-electron chi connectivity index (χ0n) is 22.1. The Hall–Kier alpha value is -3.02. The number of carboxylic acid groups (broad SMARTS) is 2. The summed E-state index contributed by atoms with van der Waals surface area (Å²) in [4.78, 5) is 32.3. The van der Waals surface area contributed by atoms with Crippen molar-refractivity contribution in [2.45, 2.75) is 50.7 Å². The average molecular weight is 530 g/mol. The van der Waals surface area contributed by atoms with Crippen LogP contribution in [0.3, 0.4) is 0 Å². The van der Waals surface area contributed by atoms with Crippen LogP contribution in [0.1, 0.15) is 50.2 Å². The van der Waals surface area contributed by atoms with Crippen molar-refractivity contribution in [3.63, 3.8) is 0 Å². The standard InChI is InChI=1S/C27H39N5O6/c1-2-9-30-12-14-32(15-13-30)28-18-21-3-5-22(6-4-21)24-16-23(38-29-24)17-27(37-20-26(35)36)7-10-31(11-8-27)19-25(33)34/h3-6,18,23H,2,7-17,19-20H2,1H3,(H,33,34)(H,35,36). The van der Waals surface area contributed by atoms with Gasteiger partial charge in [-0.1, -0.05) is 36.3 Å². The first kappa shape index (κ1) is 28.0. The minimum Gasteiger partial charge on any atom is -0.480 e. The van der Waals surface area contributed by atoms with Gasteiger partial charge in [0, 0.05) is 52.1 Å². The normalized spacial score (nSPS) is 22.4. The molecule has 4 rings (SSSR count). The van der Waals surface area contributed by atoms with Gasteiger partial charge in [-0.15, -0.1) is 0 Å².